The predicted molar refractivity (Wildman–Crippen MR) is 64.9 cm³/mol. The summed E-state index contributed by atoms with van der Waals surface area (Å²) in [6.45, 7) is 5.62. The average molecular weight is 255 g/mol. The van der Waals surface area contributed by atoms with E-state index >= 15 is 0 Å². The minimum Gasteiger partial charge on any atom is -0.466 e. The van der Waals surface area contributed by atoms with E-state index in [2.05, 4.69) is 4.90 Å². The Kier molecular flexibility index (Phi) is 4.22. The molecule has 0 N–H and O–H groups in total. The van der Waals surface area contributed by atoms with Crippen molar-refractivity contribution in [2.24, 2.45) is 5.92 Å². The van der Waals surface area contributed by atoms with Gasteiger partial charge < -0.3 is 9.47 Å². The molecular weight excluding hydrogens is 234 g/mol. The largest absolute Gasteiger partial charge is 0.466 e. The first-order valence-corrected chi connectivity index (χ1v) is 6.73. The van der Waals surface area contributed by atoms with Crippen molar-refractivity contribution < 1.29 is 19.1 Å². The van der Waals surface area contributed by atoms with Gasteiger partial charge in [-0.05, 0) is 33.2 Å². The Morgan fingerprint density at radius 1 is 1.56 bits per heavy atom. The maximum atomic E-state index is 11.7. The molecule has 0 saturated carbocycles. The lowest BCUT2D eigenvalue weighted by Gasteiger charge is -2.33. The summed E-state index contributed by atoms with van der Waals surface area (Å²) in [5.74, 6) is -0.379. The molecule has 2 heterocycles. The number of ether oxygens (including phenoxy) is 2. The van der Waals surface area contributed by atoms with E-state index in [1.807, 2.05) is 13.8 Å². The highest BCUT2D eigenvalue weighted by molar-refractivity contribution is 5.78. The Labute approximate surface area is 107 Å². The van der Waals surface area contributed by atoms with Crippen molar-refractivity contribution in [3.63, 3.8) is 0 Å². The molecule has 0 aromatic carbocycles. The van der Waals surface area contributed by atoms with E-state index in [0.29, 0.717) is 13.2 Å². The van der Waals surface area contributed by atoms with E-state index in [-0.39, 0.29) is 30.0 Å². The average Bonchev–Trinajstić information content (AvgIpc) is 2.69. The summed E-state index contributed by atoms with van der Waals surface area (Å²) >= 11 is 0. The molecule has 0 aromatic heterocycles. The number of rotatable bonds is 3. The van der Waals surface area contributed by atoms with E-state index < -0.39 is 0 Å². The van der Waals surface area contributed by atoms with Gasteiger partial charge in [-0.15, -0.1) is 0 Å². The Morgan fingerprint density at radius 3 is 2.94 bits per heavy atom. The molecule has 0 spiro atoms. The first kappa shape index (κ1) is 13.3. The molecule has 2 saturated heterocycles. The Bertz CT molecular complexity index is 331. The number of cyclic esters (lactones) is 1. The van der Waals surface area contributed by atoms with Gasteiger partial charge in [-0.25, -0.2) is 0 Å². The molecule has 5 nitrogen and oxygen atoms in total. The number of piperidine rings is 1. The number of nitrogens with zero attached hydrogens (tertiary/aromatic N) is 1. The lowest BCUT2D eigenvalue weighted by molar-refractivity contribution is -0.152. The van der Waals surface area contributed by atoms with Crippen molar-refractivity contribution in [1.29, 1.82) is 0 Å². The zero-order valence-electron chi connectivity index (χ0n) is 11.1. The monoisotopic (exact) mass is 255 g/mol. The molecule has 2 rings (SSSR count). The van der Waals surface area contributed by atoms with Gasteiger partial charge in [0.15, 0.2) is 0 Å². The molecule has 0 bridgehead atoms. The number of likely N-dealkylation sites (tertiary alicyclic amines) is 1. The van der Waals surface area contributed by atoms with Crippen molar-refractivity contribution in [3.05, 3.63) is 0 Å². The van der Waals surface area contributed by atoms with E-state index in [9.17, 15) is 9.59 Å². The van der Waals surface area contributed by atoms with Gasteiger partial charge >= 0.3 is 11.9 Å². The molecule has 3 atom stereocenters. The molecule has 0 radical (unpaired) electrons. The first-order valence-electron chi connectivity index (χ1n) is 6.73. The Hall–Kier alpha value is -1.10. The second kappa shape index (κ2) is 5.69. The zero-order valence-corrected chi connectivity index (χ0v) is 11.1. The van der Waals surface area contributed by atoms with E-state index in [0.717, 1.165) is 25.8 Å². The van der Waals surface area contributed by atoms with Gasteiger partial charge in [-0.3, -0.25) is 14.5 Å². The summed E-state index contributed by atoms with van der Waals surface area (Å²) in [7, 11) is 0. The first-order chi connectivity index (χ1) is 8.61. The van der Waals surface area contributed by atoms with Crippen LogP contribution in [0.15, 0.2) is 0 Å². The minimum absolute atomic E-state index is 0.00882. The fourth-order valence-electron chi connectivity index (χ4n) is 2.78. The summed E-state index contributed by atoms with van der Waals surface area (Å²) < 4.78 is 10.2. The van der Waals surface area contributed by atoms with Crippen LogP contribution in [-0.2, 0) is 19.1 Å². The van der Waals surface area contributed by atoms with E-state index in [1.165, 1.54) is 0 Å². The SMILES string of the molecule is CCOC(=O)[C@@H]1CCCN([C@@H]2C[C@@H](C)OC2=O)C1. The maximum Gasteiger partial charge on any atom is 0.323 e. The summed E-state index contributed by atoms with van der Waals surface area (Å²) in [5.41, 5.74) is 0. The third kappa shape index (κ3) is 2.83. The molecule has 2 aliphatic rings. The molecule has 18 heavy (non-hydrogen) atoms. The third-order valence-electron chi connectivity index (χ3n) is 3.66. The van der Waals surface area contributed by atoms with Crippen LogP contribution < -0.4 is 0 Å². The fourth-order valence-corrected chi connectivity index (χ4v) is 2.78. The van der Waals surface area contributed by atoms with Crippen molar-refractivity contribution in [3.8, 4) is 0 Å². The molecular formula is C13H21NO4. The normalized spacial score (nSPS) is 33.2. The molecule has 0 aliphatic carbocycles. The van der Waals surface area contributed by atoms with E-state index in [4.69, 9.17) is 9.47 Å². The van der Waals surface area contributed by atoms with Gasteiger partial charge in [-0.2, -0.15) is 0 Å². The summed E-state index contributed by atoms with van der Waals surface area (Å²) in [6.07, 6.45) is 2.51. The van der Waals surface area contributed by atoms with Crippen molar-refractivity contribution in [2.45, 2.75) is 45.3 Å². The Morgan fingerprint density at radius 2 is 2.33 bits per heavy atom. The number of hydrogen-bond donors (Lipinski definition) is 0. The standard InChI is InChI=1S/C13H21NO4/c1-3-17-12(15)10-5-4-6-14(8-10)11-7-9(2)18-13(11)16/h9-11H,3-8H2,1-2H3/t9-,10-,11-/m1/s1. The van der Waals surface area contributed by atoms with Gasteiger partial charge in [0, 0.05) is 13.0 Å². The van der Waals surface area contributed by atoms with Crippen LogP contribution in [0.2, 0.25) is 0 Å². The quantitative estimate of drug-likeness (QED) is 0.703. The van der Waals surface area contributed by atoms with Crippen LogP contribution in [0, 0.1) is 5.92 Å². The fraction of sp³-hybridized carbons (Fsp3) is 0.846. The lowest BCUT2D eigenvalue weighted by Crippen LogP contribution is -2.46. The van der Waals surface area contributed by atoms with Crippen LogP contribution in [0.3, 0.4) is 0 Å². The van der Waals surface area contributed by atoms with Crippen molar-refractivity contribution in [2.75, 3.05) is 19.7 Å². The topological polar surface area (TPSA) is 55.8 Å². The molecule has 0 amide bonds. The maximum absolute atomic E-state index is 11.7. The number of carbonyl (C=O) groups excluding carboxylic acids is 2. The van der Waals surface area contributed by atoms with Crippen molar-refractivity contribution >= 4 is 11.9 Å². The van der Waals surface area contributed by atoms with Gasteiger partial charge in [0.1, 0.15) is 12.1 Å². The highest BCUT2D eigenvalue weighted by Crippen LogP contribution is 2.26. The molecule has 102 valence electrons. The molecule has 0 unspecified atom stereocenters. The molecule has 2 aliphatic heterocycles. The van der Waals surface area contributed by atoms with Crippen LogP contribution in [0.4, 0.5) is 0 Å². The van der Waals surface area contributed by atoms with Crippen LogP contribution in [-0.4, -0.2) is 48.7 Å². The number of esters is 2. The van der Waals surface area contributed by atoms with Gasteiger partial charge in [0.25, 0.3) is 0 Å². The second-order valence-electron chi connectivity index (χ2n) is 5.09. The summed E-state index contributed by atoms with van der Waals surface area (Å²) in [5, 5.41) is 0. The van der Waals surface area contributed by atoms with Gasteiger partial charge in [0.05, 0.1) is 12.5 Å². The smallest absolute Gasteiger partial charge is 0.323 e. The lowest BCUT2D eigenvalue weighted by atomic mass is 9.96. The number of hydrogen-bond acceptors (Lipinski definition) is 5. The second-order valence-corrected chi connectivity index (χ2v) is 5.09. The van der Waals surface area contributed by atoms with Gasteiger partial charge in [-0.1, -0.05) is 0 Å². The van der Waals surface area contributed by atoms with Crippen LogP contribution >= 0.6 is 0 Å². The molecule has 2 fully saturated rings. The summed E-state index contributed by atoms with van der Waals surface area (Å²) in [4.78, 5) is 25.5. The third-order valence-corrected chi connectivity index (χ3v) is 3.66. The van der Waals surface area contributed by atoms with E-state index in [1.54, 1.807) is 0 Å². The minimum atomic E-state index is -0.169. The number of carbonyl (C=O) groups is 2. The van der Waals surface area contributed by atoms with Crippen LogP contribution in [0.25, 0.3) is 0 Å². The Balaban J connectivity index is 1.94. The predicted octanol–water partition coefficient (Wildman–Crippen LogP) is 0.965. The zero-order chi connectivity index (χ0) is 13.1. The van der Waals surface area contributed by atoms with Gasteiger partial charge in [0.2, 0.25) is 0 Å². The molecule has 5 heteroatoms. The summed E-state index contributed by atoms with van der Waals surface area (Å²) in [6, 6.07) is -0.169. The highest BCUT2D eigenvalue weighted by atomic mass is 16.6. The van der Waals surface area contributed by atoms with Crippen LogP contribution in [0.5, 0.6) is 0 Å². The van der Waals surface area contributed by atoms with Crippen molar-refractivity contribution in [1.82, 2.24) is 4.90 Å². The highest BCUT2D eigenvalue weighted by Gasteiger charge is 2.39. The molecule has 0 aromatic rings. The van der Waals surface area contributed by atoms with Crippen LogP contribution in [0.1, 0.15) is 33.1 Å².